The lowest BCUT2D eigenvalue weighted by Crippen LogP contribution is -2.23. The van der Waals surface area contributed by atoms with Crippen LogP contribution < -0.4 is 5.11 Å². The summed E-state index contributed by atoms with van der Waals surface area (Å²) < 4.78 is 0. The Kier molecular flexibility index (Phi) is 3.94. The maximum Gasteiger partial charge on any atom is 0.0885 e. The monoisotopic (exact) mass is 311 g/mol. The molecule has 0 fully saturated rings. The van der Waals surface area contributed by atoms with E-state index in [2.05, 4.69) is 9.98 Å². The summed E-state index contributed by atoms with van der Waals surface area (Å²) in [6.07, 6.45) is 1.55. The number of rotatable bonds is 4. The summed E-state index contributed by atoms with van der Waals surface area (Å²) in [5, 5.41) is 12.7. The van der Waals surface area contributed by atoms with Crippen molar-refractivity contribution in [1.82, 2.24) is 4.98 Å². The predicted molar refractivity (Wildman–Crippen MR) is 85.4 cm³/mol. The van der Waals surface area contributed by atoms with Gasteiger partial charge in [0.15, 0.2) is 0 Å². The predicted octanol–water partition coefficient (Wildman–Crippen LogP) is 2.80. The Hall–Kier alpha value is -2.59. The molecule has 0 aliphatic rings. The number of fused-ring (bicyclic) bond motifs is 1. The minimum Gasteiger partial charge on any atom is -0.543 e. The van der Waals surface area contributed by atoms with Gasteiger partial charge in [-0.15, -0.1) is 0 Å². The van der Waals surface area contributed by atoms with E-state index in [1.165, 1.54) is 0 Å². The van der Waals surface area contributed by atoms with Crippen LogP contribution in [0.5, 0.6) is 0 Å². The fourth-order valence-corrected chi connectivity index (χ4v) is 2.52. The van der Waals surface area contributed by atoms with E-state index in [4.69, 9.17) is 11.6 Å². The van der Waals surface area contributed by atoms with Crippen LogP contribution in [-0.2, 0) is 6.54 Å². The highest BCUT2D eigenvalue weighted by atomic mass is 35.5. The molecular formula is C17H12ClN2O2-. The van der Waals surface area contributed by atoms with Crippen LogP contribution in [0.4, 0.5) is 0 Å². The number of nitrogens with one attached hydrogen (secondary N) is 1. The lowest BCUT2D eigenvalue weighted by atomic mass is 10.1. The van der Waals surface area contributed by atoms with Crippen molar-refractivity contribution in [2.45, 2.75) is 6.54 Å². The van der Waals surface area contributed by atoms with Crippen LogP contribution in [0.25, 0.3) is 10.9 Å². The molecule has 2 aromatic carbocycles. The number of H-pyrrole nitrogens is 1. The third-order valence-electron chi connectivity index (χ3n) is 3.39. The van der Waals surface area contributed by atoms with Crippen molar-refractivity contribution in [3.05, 3.63) is 70.4 Å². The number of benzene rings is 2. The number of carboxylic acid groups (broad SMARTS) is 1. The number of aliphatic imine (C=N–C) groups is 1. The first-order valence-electron chi connectivity index (χ1n) is 6.72. The van der Waals surface area contributed by atoms with Gasteiger partial charge in [0.05, 0.1) is 18.2 Å². The van der Waals surface area contributed by atoms with E-state index in [-0.39, 0.29) is 5.69 Å². The molecule has 0 aliphatic heterocycles. The number of hydrogen-bond donors (Lipinski definition) is 1. The number of hydrogen-bond acceptors (Lipinski definition) is 3. The van der Waals surface area contributed by atoms with Crippen LogP contribution in [0, 0.1) is 0 Å². The van der Waals surface area contributed by atoms with Crippen molar-refractivity contribution in [3.8, 4) is 0 Å². The number of carboxylic acids is 1. The molecule has 3 rings (SSSR count). The summed E-state index contributed by atoms with van der Waals surface area (Å²) >= 11 is 6.08. The van der Waals surface area contributed by atoms with Crippen molar-refractivity contribution in [1.29, 1.82) is 0 Å². The summed E-state index contributed by atoms with van der Waals surface area (Å²) in [7, 11) is 0. The maximum atomic E-state index is 11.3. The third kappa shape index (κ3) is 2.73. The van der Waals surface area contributed by atoms with E-state index >= 15 is 0 Å². The van der Waals surface area contributed by atoms with Gasteiger partial charge in [0.2, 0.25) is 0 Å². The van der Waals surface area contributed by atoms with Gasteiger partial charge in [-0.2, -0.15) is 0 Å². The molecule has 1 heterocycles. The molecule has 1 N–H and O–H groups in total. The first-order valence-corrected chi connectivity index (χ1v) is 7.10. The number of para-hydroxylation sites is 1. The van der Waals surface area contributed by atoms with E-state index < -0.39 is 5.97 Å². The SMILES string of the molecule is O=C([O-])c1[nH]c2ccccc2c1C=NCc1ccccc1Cl. The summed E-state index contributed by atoms with van der Waals surface area (Å²) in [6, 6.07) is 14.8. The van der Waals surface area contributed by atoms with Gasteiger partial charge in [-0.05, 0) is 17.7 Å². The van der Waals surface area contributed by atoms with E-state index in [1.54, 1.807) is 12.3 Å². The van der Waals surface area contributed by atoms with Crippen LogP contribution >= 0.6 is 11.6 Å². The second kappa shape index (κ2) is 6.03. The largest absolute Gasteiger partial charge is 0.543 e. The highest BCUT2D eigenvalue weighted by molar-refractivity contribution is 6.31. The van der Waals surface area contributed by atoms with E-state index in [0.29, 0.717) is 17.1 Å². The van der Waals surface area contributed by atoms with Crippen molar-refractivity contribution in [2.75, 3.05) is 0 Å². The average molecular weight is 312 g/mol. The Morgan fingerprint density at radius 3 is 2.68 bits per heavy atom. The molecule has 0 saturated heterocycles. The van der Waals surface area contributed by atoms with Crippen LogP contribution in [0.15, 0.2) is 53.5 Å². The Balaban J connectivity index is 1.96. The number of aromatic amines is 1. The molecule has 0 bridgehead atoms. The Labute approximate surface area is 132 Å². The molecule has 4 nitrogen and oxygen atoms in total. The van der Waals surface area contributed by atoms with Crippen LogP contribution in [0.1, 0.15) is 21.6 Å². The van der Waals surface area contributed by atoms with Gasteiger partial charge in [0.1, 0.15) is 0 Å². The van der Waals surface area contributed by atoms with Gasteiger partial charge in [0.25, 0.3) is 0 Å². The van der Waals surface area contributed by atoms with Gasteiger partial charge < -0.3 is 14.9 Å². The van der Waals surface area contributed by atoms with Crippen molar-refractivity contribution in [3.63, 3.8) is 0 Å². The quantitative estimate of drug-likeness (QED) is 0.753. The van der Waals surface area contributed by atoms with E-state index in [0.717, 1.165) is 16.5 Å². The highest BCUT2D eigenvalue weighted by Gasteiger charge is 2.09. The highest BCUT2D eigenvalue weighted by Crippen LogP contribution is 2.21. The minimum atomic E-state index is -1.25. The lowest BCUT2D eigenvalue weighted by Gasteiger charge is -2.01. The van der Waals surface area contributed by atoms with Crippen molar-refractivity contribution in [2.24, 2.45) is 4.99 Å². The van der Waals surface area contributed by atoms with Crippen LogP contribution in [0.3, 0.4) is 0 Å². The van der Waals surface area contributed by atoms with Gasteiger partial charge in [-0.3, -0.25) is 4.99 Å². The number of carbonyl (C=O) groups excluding carboxylic acids is 1. The number of nitrogens with zero attached hydrogens (tertiary/aromatic N) is 1. The van der Waals surface area contributed by atoms with Gasteiger partial charge >= 0.3 is 0 Å². The maximum absolute atomic E-state index is 11.3. The van der Waals surface area contributed by atoms with Crippen molar-refractivity contribution < 1.29 is 9.90 Å². The lowest BCUT2D eigenvalue weighted by molar-refractivity contribution is -0.255. The number of halogens is 1. The van der Waals surface area contributed by atoms with Gasteiger partial charge in [0, 0.05) is 27.7 Å². The zero-order valence-corrected chi connectivity index (χ0v) is 12.3. The second-order valence-corrected chi connectivity index (χ2v) is 5.22. The minimum absolute atomic E-state index is 0.0316. The fourth-order valence-electron chi connectivity index (χ4n) is 2.32. The molecule has 5 heteroatoms. The molecule has 110 valence electrons. The number of carbonyl (C=O) groups is 1. The second-order valence-electron chi connectivity index (χ2n) is 4.81. The topological polar surface area (TPSA) is 68.3 Å². The molecule has 1 aromatic heterocycles. The van der Waals surface area contributed by atoms with Gasteiger partial charge in [-0.25, -0.2) is 0 Å². The van der Waals surface area contributed by atoms with Crippen molar-refractivity contribution >= 4 is 34.7 Å². The molecule has 0 atom stereocenters. The molecule has 0 amide bonds. The molecule has 22 heavy (non-hydrogen) atoms. The first-order chi connectivity index (χ1) is 10.7. The molecule has 0 radical (unpaired) electrons. The molecule has 0 aliphatic carbocycles. The summed E-state index contributed by atoms with van der Waals surface area (Å²) in [5.41, 5.74) is 2.17. The van der Waals surface area contributed by atoms with E-state index in [9.17, 15) is 9.90 Å². The Bertz CT molecular complexity index is 868. The molecule has 0 spiro atoms. The fraction of sp³-hybridized carbons (Fsp3) is 0.0588. The number of aromatic carboxylic acids is 1. The van der Waals surface area contributed by atoms with Crippen LogP contribution in [0.2, 0.25) is 5.02 Å². The van der Waals surface area contributed by atoms with E-state index in [1.807, 2.05) is 42.5 Å². The Morgan fingerprint density at radius 2 is 1.91 bits per heavy atom. The molecule has 0 saturated carbocycles. The van der Waals surface area contributed by atoms with Crippen LogP contribution in [-0.4, -0.2) is 17.2 Å². The van der Waals surface area contributed by atoms with Gasteiger partial charge in [-0.1, -0.05) is 48.0 Å². The summed E-state index contributed by atoms with van der Waals surface area (Å²) in [4.78, 5) is 18.4. The Morgan fingerprint density at radius 1 is 1.18 bits per heavy atom. The molecular weight excluding hydrogens is 300 g/mol. The molecule has 0 unspecified atom stereocenters. The normalized spacial score (nSPS) is 11.3. The third-order valence-corrected chi connectivity index (χ3v) is 3.76. The zero-order valence-electron chi connectivity index (χ0n) is 11.5. The summed E-state index contributed by atoms with van der Waals surface area (Å²) in [5.74, 6) is -1.25. The summed E-state index contributed by atoms with van der Waals surface area (Å²) in [6.45, 7) is 0.381. The number of aromatic nitrogens is 1. The first kappa shape index (κ1) is 14.4. The standard InChI is InChI=1S/C17H13ClN2O2/c18-14-7-3-1-5-11(14)9-19-10-13-12-6-2-4-8-15(12)20-16(13)17(21)22/h1-8,10,20H,9H2,(H,21,22)/p-1. The zero-order chi connectivity index (χ0) is 15.5. The average Bonchev–Trinajstić information content (AvgIpc) is 2.88. The molecule has 3 aromatic rings. The smallest absolute Gasteiger partial charge is 0.0885 e.